The first-order chi connectivity index (χ1) is 13.3. The van der Waals surface area contributed by atoms with Crippen LogP contribution in [0.1, 0.15) is 11.5 Å². The molecule has 2 heterocycles. The van der Waals surface area contributed by atoms with E-state index in [1.165, 1.54) is 0 Å². The predicted octanol–water partition coefficient (Wildman–Crippen LogP) is 2.77. The molecule has 1 aliphatic heterocycles. The van der Waals surface area contributed by atoms with E-state index < -0.39 is 0 Å². The molecular weight excluding hydrogens is 350 g/mol. The summed E-state index contributed by atoms with van der Waals surface area (Å²) in [4.78, 5) is 0. The van der Waals surface area contributed by atoms with Crippen LogP contribution in [0.2, 0.25) is 0 Å². The van der Waals surface area contributed by atoms with Crippen LogP contribution in [-0.2, 0) is 13.1 Å². The zero-order valence-corrected chi connectivity index (χ0v) is 15.0. The molecule has 0 radical (unpaired) electrons. The van der Waals surface area contributed by atoms with Gasteiger partial charge in [-0.15, -0.1) is 10.2 Å². The average molecular weight is 369 g/mol. The van der Waals surface area contributed by atoms with Crippen LogP contribution in [0.15, 0.2) is 40.8 Å². The fourth-order valence-corrected chi connectivity index (χ4v) is 2.78. The van der Waals surface area contributed by atoms with E-state index in [4.69, 9.17) is 23.4 Å². The number of fused-ring (bicyclic) bond motifs is 1. The van der Waals surface area contributed by atoms with Gasteiger partial charge >= 0.3 is 0 Å². The zero-order valence-electron chi connectivity index (χ0n) is 15.0. The van der Waals surface area contributed by atoms with Crippen molar-refractivity contribution in [3.8, 4) is 34.5 Å². The summed E-state index contributed by atoms with van der Waals surface area (Å²) in [6.45, 7) is 1.37. The van der Waals surface area contributed by atoms with Crippen molar-refractivity contribution in [3.05, 3.63) is 47.9 Å². The monoisotopic (exact) mass is 369 g/mol. The van der Waals surface area contributed by atoms with Crippen molar-refractivity contribution in [1.82, 2.24) is 15.5 Å². The Morgan fingerprint density at radius 2 is 1.78 bits per heavy atom. The lowest BCUT2D eigenvalue weighted by molar-refractivity contribution is 0.174. The molecule has 0 bridgehead atoms. The summed E-state index contributed by atoms with van der Waals surface area (Å²) in [7, 11) is 3.18. The summed E-state index contributed by atoms with van der Waals surface area (Å²) < 4.78 is 27.0. The third-order valence-corrected chi connectivity index (χ3v) is 4.14. The normalized spacial score (nSPS) is 12.2. The van der Waals surface area contributed by atoms with E-state index in [0.717, 1.165) is 22.6 Å². The summed E-state index contributed by atoms with van der Waals surface area (Å²) in [6, 6.07) is 11.3. The Morgan fingerprint density at radius 1 is 0.926 bits per heavy atom. The molecule has 0 spiro atoms. The van der Waals surface area contributed by atoms with Gasteiger partial charge in [0.2, 0.25) is 18.6 Å². The molecule has 0 amide bonds. The topological polar surface area (TPSA) is 87.9 Å². The maximum atomic E-state index is 5.73. The Balaban J connectivity index is 1.38. The molecule has 0 atom stereocenters. The second-order valence-electron chi connectivity index (χ2n) is 5.86. The number of aromatic nitrogens is 2. The number of methoxy groups -OCH3 is 2. The lowest BCUT2D eigenvalue weighted by Crippen LogP contribution is -2.12. The van der Waals surface area contributed by atoms with Gasteiger partial charge in [-0.25, -0.2) is 0 Å². The second-order valence-corrected chi connectivity index (χ2v) is 5.86. The molecule has 4 rings (SSSR count). The van der Waals surface area contributed by atoms with Crippen LogP contribution in [-0.4, -0.2) is 31.2 Å². The Labute approximate surface area is 156 Å². The standard InChI is InChI=1S/C19H19N3O5/c1-23-14-6-4-13(8-16(14)24-2)19-22-21-18(27-19)10-20-9-12-3-5-15-17(7-12)26-11-25-15/h3-8,20H,9-11H2,1-2H3. The van der Waals surface area contributed by atoms with E-state index in [2.05, 4.69) is 15.5 Å². The van der Waals surface area contributed by atoms with Crippen molar-refractivity contribution in [1.29, 1.82) is 0 Å². The highest BCUT2D eigenvalue weighted by atomic mass is 16.7. The van der Waals surface area contributed by atoms with E-state index >= 15 is 0 Å². The number of nitrogens with zero attached hydrogens (tertiary/aromatic N) is 2. The largest absolute Gasteiger partial charge is 0.493 e. The minimum absolute atomic E-state index is 0.271. The van der Waals surface area contributed by atoms with Gasteiger partial charge in [-0.2, -0.15) is 0 Å². The summed E-state index contributed by atoms with van der Waals surface area (Å²) >= 11 is 0. The van der Waals surface area contributed by atoms with Gasteiger partial charge in [-0.05, 0) is 35.9 Å². The highest BCUT2D eigenvalue weighted by Crippen LogP contribution is 2.33. The zero-order chi connectivity index (χ0) is 18.6. The molecule has 0 aliphatic carbocycles. The number of rotatable bonds is 7. The van der Waals surface area contributed by atoms with Crippen LogP contribution in [0.25, 0.3) is 11.5 Å². The van der Waals surface area contributed by atoms with E-state index in [1.807, 2.05) is 24.3 Å². The van der Waals surface area contributed by atoms with Crippen LogP contribution < -0.4 is 24.3 Å². The second kappa shape index (κ2) is 7.55. The fourth-order valence-electron chi connectivity index (χ4n) is 2.78. The Kier molecular flexibility index (Phi) is 4.80. The Hall–Kier alpha value is -3.26. The summed E-state index contributed by atoms with van der Waals surface area (Å²) in [6.07, 6.45) is 0. The van der Waals surface area contributed by atoms with Crippen LogP contribution in [0.5, 0.6) is 23.0 Å². The van der Waals surface area contributed by atoms with Gasteiger partial charge in [-0.3, -0.25) is 0 Å². The lowest BCUT2D eigenvalue weighted by Gasteiger charge is -2.07. The minimum atomic E-state index is 0.271. The van der Waals surface area contributed by atoms with Crippen LogP contribution >= 0.6 is 0 Å². The molecule has 1 N–H and O–H groups in total. The van der Waals surface area contributed by atoms with E-state index in [0.29, 0.717) is 36.4 Å². The first kappa shape index (κ1) is 17.2. The number of nitrogens with one attached hydrogen (secondary N) is 1. The minimum Gasteiger partial charge on any atom is -0.493 e. The molecule has 140 valence electrons. The number of benzene rings is 2. The molecule has 8 nitrogen and oxygen atoms in total. The third kappa shape index (κ3) is 3.65. The van der Waals surface area contributed by atoms with Crippen molar-refractivity contribution in [2.24, 2.45) is 0 Å². The molecule has 0 saturated heterocycles. The quantitative estimate of drug-likeness (QED) is 0.680. The molecular formula is C19H19N3O5. The molecule has 1 aromatic heterocycles. The van der Waals surface area contributed by atoms with Crippen LogP contribution in [0, 0.1) is 0 Å². The average Bonchev–Trinajstić information content (AvgIpc) is 3.36. The summed E-state index contributed by atoms with van der Waals surface area (Å²) in [5, 5.41) is 11.5. The highest BCUT2D eigenvalue weighted by molar-refractivity contribution is 5.59. The van der Waals surface area contributed by atoms with E-state index in [-0.39, 0.29) is 6.79 Å². The molecule has 0 saturated carbocycles. The van der Waals surface area contributed by atoms with Crippen molar-refractivity contribution in [3.63, 3.8) is 0 Å². The van der Waals surface area contributed by atoms with Gasteiger partial charge in [0.1, 0.15) is 0 Å². The van der Waals surface area contributed by atoms with Gasteiger partial charge in [0.15, 0.2) is 23.0 Å². The van der Waals surface area contributed by atoms with Gasteiger partial charge in [-0.1, -0.05) is 6.07 Å². The van der Waals surface area contributed by atoms with Crippen molar-refractivity contribution in [2.75, 3.05) is 21.0 Å². The molecule has 0 fully saturated rings. The molecule has 8 heteroatoms. The maximum Gasteiger partial charge on any atom is 0.247 e. The van der Waals surface area contributed by atoms with Gasteiger partial charge < -0.3 is 28.7 Å². The van der Waals surface area contributed by atoms with Crippen molar-refractivity contribution in [2.45, 2.75) is 13.1 Å². The lowest BCUT2D eigenvalue weighted by atomic mass is 10.2. The van der Waals surface area contributed by atoms with Gasteiger partial charge in [0.05, 0.1) is 20.8 Å². The SMILES string of the molecule is COc1ccc(-c2nnc(CNCc3ccc4c(c3)OCO4)o2)cc1OC. The summed E-state index contributed by atoms with van der Waals surface area (Å²) in [5.74, 6) is 3.72. The summed E-state index contributed by atoms with van der Waals surface area (Å²) in [5.41, 5.74) is 1.85. The Bertz CT molecular complexity index is 941. The number of hydrogen-bond acceptors (Lipinski definition) is 8. The highest BCUT2D eigenvalue weighted by Gasteiger charge is 2.14. The Morgan fingerprint density at radius 3 is 2.63 bits per heavy atom. The number of hydrogen-bond donors (Lipinski definition) is 1. The van der Waals surface area contributed by atoms with E-state index in [9.17, 15) is 0 Å². The van der Waals surface area contributed by atoms with Crippen LogP contribution in [0.4, 0.5) is 0 Å². The maximum absolute atomic E-state index is 5.73. The predicted molar refractivity (Wildman–Crippen MR) is 95.9 cm³/mol. The molecule has 0 unspecified atom stereocenters. The molecule has 2 aromatic carbocycles. The number of ether oxygens (including phenoxy) is 4. The molecule has 1 aliphatic rings. The van der Waals surface area contributed by atoms with E-state index in [1.54, 1.807) is 26.4 Å². The first-order valence-corrected chi connectivity index (χ1v) is 8.41. The first-order valence-electron chi connectivity index (χ1n) is 8.41. The fraction of sp³-hybridized carbons (Fsp3) is 0.263. The van der Waals surface area contributed by atoms with Crippen molar-refractivity contribution >= 4 is 0 Å². The molecule has 3 aromatic rings. The smallest absolute Gasteiger partial charge is 0.247 e. The van der Waals surface area contributed by atoms with Crippen molar-refractivity contribution < 1.29 is 23.4 Å². The molecule has 27 heavy (non-hydrogen) atoms. The van der Waals surface area contributed by atoms with Crippen LogP contribution in [0.3, 0.4) is 0 Å². The van der Waals surface area contributed by atoms with Gasteiger partial charge in [0.25, 0.3) is 0 Å². The third-order valence-electron chi connectivity index (χ3n) is 4.14. The van der Waals surface area contributed by atoms with Gasteiger partial charge in [0, 0.05) is 12.1 Å².